The number of ether oxygens (including phenoxy) is 1. The molecular formula is C33H42N2O4S. The van der Waals surface area contributed by atoms with Crippen LogP contribution in [-0.4, -0.2) is 33.8 Å². The van der Waals surface area contributed by atoms with Crippen LogP contribution in [0.4, 0.5) is 4.79 Å². The molecule has 0 aliphatic rings. The Kier molecular flexibility index (Phi) is 10.4. The quantitative estimate of drug-likeness (QED) is 0.108. The van der Waals surface area contributed by atoms with Gasteiger partial charge in [-0.2, -0.15) is 0 Å². The van der Waals surface area contributed by atoms with Crippen molar-refractivity contribution in [2.75, 3.05) is 0 Å². The van der Waals surface area contributed by atoms with Crippen LogP contribution in [0, 0.1) is 5.92 Å². The number of benzene rings is 3. The molecule has 3 aromatic carbocycles. The summed E-state index contributed by atoms with van der Waals surface area (Å²) in [7, 11) is 0. The van der Waals surface area contributed by atoms with Crippen LogP contribution in [0.25, 0.3) is 0 Å². The largest absolute Gasteiger partial charge is 0.480 e. The summed E-state index contributed by atoms with van der Waals surface area (Å²) in [6, 6.07) is 29.8. The van der Waals surface area contributed by atoms with E-state index < -0.39 is 34.1 Å². The van der Waals surface area contributed by atoms with Gasteiger partial charge >= 0.3 is 12.1 Å². The molecule has 3 rings (SSSR count). The smallest absolute Gasteiger partial charge is 0.409 e. The second-order valence-corrected chi connectivity index (χ2v) is 12.1. The second-order valence-electron chi connectivity index (χ2n) is 11.3. The normalized spacial score (nSPS) is 14.9. The van der Waals surface area contributed by atoms with Gasteiger partial charge in [-0.15, -0.1) is 12.6 Å². The zero-order valence-corrected chi connectivity index (χ0v) is 24.9. The summed E-state index contributed by atoms with van der Waals surface area (Å²) in [5.41, 5.74) is 1.90. The van der Waals surface area contributed by atoms with Crippen molar-refractivity contribution in [1.29, 1.82) is 0 Å². The highest BCUT2D eigenvalue weighted by atomic mass is 32.1. The molecule has 7 heteroatoms. The molecule has 0 spiro atoms. The summed E-state index contributed by atoms with van der Waals surface area (Å²) in [6.45, 7) is 9.16. The fourth-order valence-electron chi connectivity index (χ4n) is 5.05. The number of hydrogen-bond acceptors (Lipinski definition) is 5. The summed E-state index contributed by atoms with van der Waals surface area (Å²) in [4.78, 5) is 24.0. The standard InChI is InChI=1S/C33H42N2O4S/c1-6-24(2)28(29(36)37)34-33(40,35-30(38)39-31(3,4)5)23-22-32(25-16-10-7-11-17-25,26-18-12-8-13-19-26)27-20-14-9-15-21-27/h7-21,24,28,34,40H,6,22-23H2,1-5H3,(H,35,38)(H,36,37). The van der Waals surface area contributed by atoms with E-state index in [0.29, 0.717) is 12.8 Å². The minimum atomic E-state index is -1.39. The number of carbonyl (C=O) groups excluding carboxylic acids is 1. The second kappa shape index (κ2) is 13.4. The van der Waals surface area contributed by atoms with E-state index in [4.69, 9.17) is 17.4 Å². The Morgan fingerprint density at radius 2 is 1.25 bits per heavy atom. The van der Waals surface area contributed by atoms with Crippen molar-refractivity contribution in [2.24, 2.45) is 5.92 Å². The average molecular weight is 563 g/mol. The molecule has 0 saturated heterocycles. The highest BCUT2D eigenvalue weighted by molar-refractivity contribution is 7.81. The third-order valence-corrected chi connectivity index (χ3v) is 7.71. The van der Waals surface area contributed by atoms with Crippen molar-refractivity contribution in [2.45, 2.75) is 75.9 Å². The molecule has 0 aliphatic heterocycles. The number of aliphatic carboxylic acids is 1. The number of amides is 1. The molecule has 0 aromatic heterocycles. The van der Waals surface area contributed by atoms with Gasteiger partial charge in [-0.25, -0.2) is 4.79 Å². The van der Waals surface area contributed by atoms with Crippen molar-refractivity contribution < 1.29 is 19.4 Å². The SMILES string of the molecule is CCC(C)C(NC(S)(CCC(c1ccccc1)(c1ccccc1)c1ccccc1)NC(=O)OC(C)(C)C)C(=O)O. The van der Waals surface area contributed by atoms with E-state index in [1.807, 2.05) is 68.4 Å². The van der Waals surface area contributed by atoms with Crippen LogP contribution in [0.5, 0.6) is 0 Å². The Labute approximate surface area is 244 Å². The molecule has 3 aromatic rings. The van der Waals surface area contributed by atoms with Crippen LogP contribution in [0.15, 0.2) is 91.0 Å². The number of carboxylic acids is 1. The molecule has 0 aliphatic carbocycles. The lowest BCUT2D eigenvalue weighted by molar-refractivity contribution is -0.141. The predicted octanol–water partition coefficient (Wildman–Crippen LogP) is 7.00. The number of hydrogen-bond donors (Lipinski definition) is 4. The molecule has 3 atom stereocenters. The first-order valence-electron chi connectivity index (χ1n) is 13.8. The van der Waals surface area contributed by atoms with Crippen LogP contribution in [0.2, 0.25) is 0 Å². The summed E-state index contributed by atoms with van der Waals surface area (Å²) in [5.74, 6) is -1.20. The lowest BCUT2D eigenvalue weighted by Crippen LogP contribution is -2.62. The molecular weight excluding hydrogens is 520 g/mol. The van der Waals surface area contributed by atoms with Crippen LogP contribution in [0.3, 0.4) is 0 Å². The van der Waals surface area contributed by atoms with Crippen LogP contribution in [-0.2, 0) is 14.9 Å². The van der Waals surface area contributed by atoms with Crippen LogP contribution >= 0.6 is 12.6 Å². The highest BCUT2D eigenvalue weighted by Gasteiger charge is 2.42. The molecule has 40 heavy (non-hydrogen) atoms. The Morgan fingerprint density at radius 3 is 1.60 bits per heavy atom. The number of alkyl carbamates (subject to hydrolysis) is 1. The van der Waals surface area contributed by atoms with Crippen molar-refractivity contribution in [3.05, 3.63) is 108 Å². The first kappa shape index (κ1) is 31.2. The summed E-state index contributed by atoms with van der Waals surface area (Å²) in [5, 5.41) is 16.1. The van der Waals surface area contributed by atoms with Gasteiger partial charge in [0.25, 0.3) is 0 Å². The fraction of sp³-hybridized carbons (Fsp3) is 0.394. The molecule has 6 nitrogen and oxygen atoms in total. The summed E-state index contributed by atoms with van der Waals surface area (Å²) in [6.07, 6.45) is 0.758. The van der Waals surface area contributed by atoms with Gasteiger partial charge in [-0.1, -0.05) is 111 Å². The van der Waals surface area contributed by atoms with Gasteiger partial charge in [-0.3, -0.25) is 15.4 Å². The Balaban J connectivity index is 2.13. The van der Waals surface area contributed by atoms with Gasteiger partial charge in [-0.05, 0) is 56.2 Å². The van der Waals surface area contributed by atoms with Gasteiger partial charge in [0, 0.05) is 5.41 Å². The Hall–Kier alpha value is -3.29. The molecule has 1 amide bonds. The highest BCUT2D eigenvalue weighted by Crippen LogP contribution is 2.44. The molecule has 214 valence electrons. The molecule has 3 N–H and O–H groups in total. The number of carbonyl (C=O) groups is 2. The third kappa shape index (κ3) is 7.89. The van der Waals surface area contributed by atoms with Crippen molar-refractivity contribution in [3.63, 3.8) is 0 Å². The maximum atomic E-state index is 13.0. The molecule has 3 unspecified atom stereocenters. The van der Waals surface area contributed by atoms with Crippen molar-refractivity contribution in [3.8, 4) is 0 Å². The lowest BCUT2D eigenvalue weighted by atomic mass is 9.66. The fourth-order valence-corrected chi connectivity index (χ4v) is 5.40. The first-order chi connectivity index (χ1) is 18.9. The Morgan fingerprint density at radius 1 is 0.825 bits per heavy atom. The van der Waals surface area contributed by atoms with Gasteiger partial charge in [0.2, 0.25) is 0 Å². The van der Waals surface area contributed by atoms with Gasteiger partial charge in [0.15, 0.2) is 0 Å². The first-order valence-corrected chi connectivity index (χ1v) is 14.3. The number of carboxylic acid groups (broad SMARTS) is 1. The topological polar surface area (TPSA) is 87.7 Å². The van der Waals surface area contributed by atoms with E-state index in [-0.39, 0.29) is 12.3 Å². The number of rotatable bonds is 12. The molecule has 0 radical (unpaired) electrons. The van der Waals surface area contributed by atoms with Crippen LogP contribution in [0.1, 0.15) is 70.6 Å². The summed E-state index contributed by atoms with van der Waals surface area (Å²) >= 11 is 4.94. The maximum Gasteiger partial charge on any atom is 0.409 e. The maximum absolute atomic E-state index is 13.0. The molecule has 0 bridgehead atoms. The van der Waals surface area contributed by atoms with Gasteiger partial charge in [0.05, 0.1) is 0 Å². The minimum absolute atomic E-state index is 0.202. The van der Waals surface area contributed by atoms with Crippen LogP contribution < -0.4 is 10.6 Å². The third-order valence-electron chi connectivity index (χ3n) is 7.24. The molecule has 0 saturated carbocycles. The zero-order valence-electron chi connectivity index (χ0n) is 24.1. The Bertz CT molecular complexity index is 1130. The van der Waals surface area contributed by atoms with E-state index in [1.54, 1.807) is 20.8 Å². The predicted molar refractivity (Wildman–Crippen MR) is 164 cm³/mol. The van der Waals surface area contributed by atoms with Crippen molar-refractivity contribution >= 4 is 24.7 Å². The van der Waals surface area contributed by atoms with E-state index in [9.17, 15) is 14.7 Å². The van der Waals surface area contributed by atoms with E-state index >= 15 is 0 Å². The molecule has 0 fully saturated rings. The molecule has 0 heterocycles. The van der Waals surface area contributed by atoms with E-state index in [0.717, 1.165) is 16.7 Å². The number of thiol groups is 1. The monoisotopic (exact) mass is 562 g/mol. The zero-order chi connectivity index (χ0) is 29.4. The lowest BCUT2D eigenvalue weighted by Gasteiger charge is -2.41. The van der Waals surface area contributed by atoms with E-state index in [2.05, 4.69) is 47.0 Å². The number of nitrogens with one attached hydrogen (secondary N) is 2. The van der Waals surface area contributed by atoms with Gasteiger partial charge in [0.1, 0.15) is 16.6 Å². The van der Waals surface area contributed by atoms with Crippen molar-refractivity contribution in [1.82, 2.24) is 10.6 Å². The minimum Gasteiger partial charge on any atom is -0.480 e. The van der Waals surface area contributed by atoms with Gasteiger partial charge < -0.3 is 9.84 Å². The summed E-state index contributed by atoms with van der Waals surface area (Å²) < 4.78 is 5.56. The average Bonchev–Trinajstić information content (AvgIpc) is 2.92. The van der Waals surface area contributed by atoms with E-state index in [1.165, 1.54) is 0 Å².